The summed E-state index contributed by atoms with van der Waals surface area (Å²) in [5, 5.41) is 7.00. The van der Waals surface area contributed by atoms with E-state index in [0.29, 0.717) is 10.6 Å². The van der Waals surface area contributed by atoms with Crippen LogP contribution in [0.15, 0.2) is 42.7 Å². The van der Waals surface area contributed by atoms with Gasteiger partial charge in [-0.1, -0.05) is 0 Å². The van der Waals surface area contributed by atoms with Crippen molar-refractivity contribution < 1.29 is 4.39 Å². The lowest BCUT2D eigenvalue weighted by Gasteiger charge is -2.08. The molecule has 0 saturated heterocycles. The molecule has 0 aliphatic heterocycles. The van der Waals surface area contributed by atoms with Crippen LogP contribution >= 0.6 is 34.8 Å². The maximum absolute atomic E-state index is 13.2. The van der Waals surface area contributed by atoms with Crippen LogP contribution in [0.2, 0.25) is 0 Å². The topological polar surface area (TPSA) is 46.5 Å². The van der Waals surface area contributed by atoms with Crippen LogP contribution in [0.25, 0.3) is 17.1 Å². The Morgan fingerprint density at radius 3 is 2.85 bits per heavy atom. The molecule has 20 heavy (non-hydrogen) atoms. The smallest absolute Gasteiger partial charge is 0.200 e. The van der Waals surface area contributed by atoms with E-state index in [1.165, 1.54) is 12.1 Å². The summed E-state index contributed by atoms with van der Waals surface area (Å²) in [6, 6.07) is 8.26. The van der Waals surface area contributed by atoms with Crippen molar-refractivity contribution in [2.75, 3.05) is 0 Å². The van der Waals surface area contributed by atoms with Crippen LogP contribution in [0, 0.1) is 14.2 Å². The summed E-state index contributed by atoms with van der Waals surface area (Å²) in [6.07, 6.45) is 3.40. The second-order valence-corrected chi connectivity index (χ2v) is 5.57. The number of benzene rings is 1. The number of aromatic nitrogens is 4. The van der Waals surface area contributed by atoms with Crippen molar-refractivity contribution >= 4 is 34.8 Å². The number of H-pyrrole nitrogens is 1. The van der Waals surface area contributed by atoms with Crippen molar-refractivity contribution in [1.29, 1.82) is 0 Å². The molecule has 3 rings (SSSR count). The average molecular weight is 398 g/mol. The third kappa shape index (κ3) is 2.38. The van der Waals surface area contributed by atoms with Gasteiger partial charge in [0.1, 0.15) is 5.82 Å². The van der Waals surface area contributed by atoms with Crippen molar-refractivity contribution in [3.63, 3.8) is 0 Å². The summed E-state index contributed by atoms with van der Waals surface area (Å²) in [6.45, 7) is 0. The predicted octanol–water partition coefficient (Wildman–Crippen LogP) is 3.74. The van der Waals surface area contributed by atoms with Crippen molar-refractivity contribution in [2.45, 2.75) is 0 Å². The normalized spacial score (nSPS) is 10.7. The Morgan fingerprint density at radius 1 is 1.30 bits per heavy atom. The summed E-state index contributed by atoms with van der Waals surface area (Å²) >= 11 is 7.35. The molecule has 100 valence electrons. The van der Waals surface area contributed by atoms with Crippen molar-refractivity contribution in [3.8, 4) is 17.1 Å². The number of hydrogen-bond donors (Lipinski definition) is 1. The van der Waals surface area contributed by atoms with E-state index in [1.54, 1.807) is 23.0 Å². The Hall–Kier alpha value is -1.61. The maximum atomic E-state index is 13.2. The van der Waals surface area contributed by atoms with Gasteiger partial charge in [0.2, 0.25) is 0 Å². The van der Waals surface area contributed by atoms with Gasteiger partial charge in [-0.15, -0.1) is 0 Å². The third-order valence-electron chi connectivity index (χ3n) is 2.74. The van der Waals surface area contributed by atoms with Crippen molar-refractivity contribution in [2.24, 2.45) is 0 Å². The van der Waals surface area contributed by atoms with Gasteiger partial charge in [-0.3, -0.25) is 14.6 Å². The molecule has 0 unspecified atom stereocenters. The molecule has 0 atom stereocenters. The first-order valence-electron chi connectivity index (χ1n) is 5.70. The summed E-state index contributed by atoms with van der Waals surface area (Å²) in [4.78, 5) is 4.08. The monoisotopic (exact) mass is 398 g/mol. The van der Waals surface area contributed by atoms with E-state index in [2.05, 4.69) is 37.8 Å². The van der Waals surface area contributed by atoms with Crippen LogP contribution in [0.3, 0.4) is 0 Å². The molecule has 0 spiro atoms. The highest BCUT2D eigenvalue weighted by Crippen LogP contribution is 2.24. The van der Waals surface area contributed by atoms with E-state index in [4.69, 9.17) is 12.2 Å². The minimum Gasteiger partial charge on any atom is -0.267 e. The molecule has 2 heterocycles. The zero-order valence-corrected chi connectivity index (χ0v) is 13.0. The second-order valence-electron chi connectivity index (χ2n) is 4.03. The van der Waals surface area contributed by atoms with E-state index >= 15 is 0 Å². The van der Waals surface area contributed by atoms with Gasteiger partial charge < -0.3 is 0 Å². The molecule has 0 aliphatic carbocycles. The molecule has 4 nitrogen and oxygen atoms in total. The van der Waals surface area contributed by atoms with Crippen LogP contribution in [0.4, 0.5) is 4.39 Å². The molecular formula is C13H8FIN4S. The molecule has 0 aliphatic rings. The van der Waals surface area contributed by atoms with Gasteiger partial charge in [-0.2, -0.15) is 5.10 Å². The third-order valence-corrected chi connectivity index (χ3v) is 3.88. The van der Waals surface area contributed by atoms with Crippen molar-refractivity contribution in [1.82, 2.24) is 19.7 Å². The zero-order valence-electron chi connectivity index (χ0n) is 10.0. The van der Waals surface area contributed by atoms with Gasteiger partial charge in [0.25, 0.3) is 0 Å². The van der Waals surface area contributed by atoms with E-state index in [-0.39, 0.29) is 5.82 Å². The molecule has 3 aromatic rings. The van der Waals surface area contributed by atoms with E-state index in [0.717, 1.165) is 14.8 Å². The number of nitrogens with one attached hydrogen (secondary N) is 1. The fraction of sp³-hybridized carbons (Fsp3) is 0. The lowest BCUT2D eigenvalue weighted by molar-refractivity contribution is 0.626. The molecule has 1 aromatic carbocycles. The summed E-state index contributed by atoms with van der Waals surface area (Å²) < 4.78 is 16.2. The average Bonchev–Trinajstić information content (AvgIpc) is 2.82. The standard InChI is InChI=1S/C13H8FIN4S/c14-9-3-4-11(10(15)6-9)19-12(17-18-13(19)20)8-2-1-5-16-7-8/h1-7H,(H,18,20). The number of aromatic amines is 1. The van der Waals surface area contributed by atoms with Gasteiger partial charge in [-0.05, 0) is 65.1 Å². The lowest BCUT2D eigenvalue weighted by Crippen LogP contribution is -2.00. The fourth-order valence-electron chi connectivity index (χ4n) is 1.87. The Kier molecular flexibility index (Phi) is 3.62. The van der Waals surface area contributed by atoms with Gasteiger partial charge in [-0.25, -0.2) is 4.39 Å². The molecule has 0 fully saturated rings. The summed E-state index contributed by atoms with van der Waals surface area (Å²) in [5.41, 5.74) is 1.62. The molecule has 7 heteroatoms. The van der Waals surface area contributed by atoms with Gasteiger partial charge in [0.05, 0.1) is 5.69 Å². The van der Waals surface area contributed by atoms with Gasteiger partial charge in [0, 0.05) is 21.5 Å². The minimum atomic E-state index is -0.281. The van der Waals surface area contributed by atoms with Crippen LogP contribution in [-0.2, 0) is 0 Å². The Morgan fingerprint density at radius 2 is 2.15 bits per heavy atom. The second kappa shape index (κ2) is 5.41. The largest absolute Gasteiger partial charge is 0.267 e. The quantitative estimate of drug-likeness (QED) is 0.529. The molecule has 0 amide bonds. The molecule has 2 aromatic heterocycles. The molecule has 1 N–H and O–H groups in total. The number of hydrogen-bond acceptors (Lipinski definition) is 3. The molecular weight excluding hydrogens is 390 g/mol. The van der Waals surface area contributed by atoms with Gasteiger partial charge in [0.15, 0.2) is 10.6 Å². The summed E-state index contributed by atoms with van der Waals surface area (Å²) in [7, 11) is 0. The van der Waals surface area contributed by atoms with Crippen molar-refractivity contribution in [3.05, 3.63) is 56.9 Å². The Bertz CT molecular complexity index is 813. The highest BCUT2D eigenvalue weighted by Gasteiger charge is 2.13. The van der Waals surface area contributed by atoms with E-state index in [1.807, 2.05) is 12.1 Å². The highest BCUT2D eigenvalue weighted by molar-refractivity contribution is 14.1. The number of pyridine rings is 1. The first kappa shape index (κ1) is 13.4. The van der Waals surface area contributed by atoms with E-state index < -0.39 is 0 Å². The van der Waals surface area contributed by atoms with Crippen LogP contribution in [-0.4, -0.2) is 19.7 Å². The minimum absolute atomic E-state index is 0.281. The maximum Gasteiger partial charge on any atom is 0.200 e. The first-order chi connectivity index (χ1) is 9.66. The van der Waals surface area contributed by atoms with Crippen LogP contribution in [0.1, 0.15) is 0 Å². The highest BCUT2D eigenvalue weighted by atomic mass is 127. The predicted molar refractivity (Wildman–Crippen MR) is 84.7 cm³/mol. The molecule has 0 saturated carbocycles. The van der Waals surface area contributed by atoms with E-state index in [9.17, 15) is 4.39 Å². The molecule has 0 bridgehead atoms. The van der Waals surface area contributed by atoms with Gasteiger partial charge >= 0.3 is 0 Å². The zero-order chi connectivity index (χ0) is 14.1. The lowest BCUT2D eigenvalue weighted by atomic mass is 10.2. The Balaban J connectivity index is 2.25. The number of nitrogens with zero attached hydrogens (tertiary/aromatic N) is 3. The van der Waals surface area contributed by atoms with Crippen LogP contribution in [0.5, 0.6) is 0 Å². The SMILES string of the molecule is Fc1ccc(-n2c(-c3cccnc3)n[nH]c2=S)c(I)c1. The van der Waals surface area contributed by atoms with Crippen LogP contribution < -0.4 is 0 Å². The fourth-order valence-corrected chi connectivity index (χ4v) is 2.82. The first-order valence-corrected chi connectivity index (χ1v) is 7.19. The molecule has 0 radical (unpaired) electrons. The number of halogens is 2. The Labute approximate surface area is 132 Å². The number of rotatable bonds is 2. The summed E-state index contributed by atoms with van der Waals surface area (Å²) in [5.74, 6) is 0.365.